The highest BCUT2D eigenvalue weighted by Crippen LogP contribution is 2.21. The van der Waals surface area contributed by atoms with Gasteiger partial charge < -0.3 is 10.2 Å². The van der Waals surface area contributed by atoms with Crippen molar-refractivity contribution in [2.24, 2.45) is 5.92 Å². The Morgan fingerprint density at radius 2 is 1.91 bits per heavy atom. The summed E-state index contributed by atoms with van der Waals surface area (Å²) >= 11 is 0. The van der Waals surface area contributed by atoms with Gasteiger partial charge in [-0.15, -0.1) is 0 Å². The molecule has 1 heterocycles. The van der Waals surface area contributed by atoms with Crippen molar-refractivity contribution in [2.45, 2.75) is 27.2 Å². The maximum atomic E-state index is 12.0. The number of hydrogen-bond donors (Lipinski definition) is 1. The zero-order valence-corrected chi connectivity index (χ0v) is 14.0. The van der Waals surface area contributed by atoms with E-state index in [1.165, 1.54) is 6.20 Å². The van der Waals surface area contributed by atoms with E-state index in [0.717, 1.165) is 24.5 Å². The van der Waals surface area contributed by atoms with Crippen LogP contribution in [0.3, 0.4) is 0 Å². The molecular weight excluding hydrogens is 288 g/mol. The largest absolute Gasteiger partial charge is 0.351 e. The van der Waals surface area contributed by atoms with Crippen LogP contribution in [0.15, 0.2) is 42.7 Å². The summed E-state index contributed by atoms with van der Waals surface area (Å²) < 4.78 is 0. The van der Waals surface area contributed by atoms with Crippen molar-refractivity contribution in [3.8, 4) is 0 Å². The van der Waals surface area contributed by atoms with Crippen LogP contribution in [0.2, 0.25) is 0 Å². The number of nitrogens with zero attached hydrogens (tertiary/aromatic N) is 3. The number of carbonyl (C=O) groups is 1. The Hall–Kier alpha value is -2.43. The number of aromatic nitrogens is 2. The van der Waals surface area contributed by atoms with Crippen LogP contribution in [0.4, 0.5) is 11.5 Å². The third-order valence-electron chi connectivity index (χ3n) is 3.54. The molecule has 0 aliphatic heterocycles. The molecule has 0 saturated heterocycles. The number of benzene rings is 1. The van der Waals surface area contributed by atoms with E-state index in [9.17, 15) is 4.79 Å². The monoisotopic (exact) mass is 312 g/mol. The van der Waals surface area contributed by atoms with Gasteiger partial charge >= 0.3 is 0 Å². The second-order valence-corrected chi connectivity index (χ2v) is 5.78. The van der Waals surface area contributed by atoms with Crippen LogP contribution in [0, 0.1) is 5.92 Å². The lowest BCUT2D eigenvalue weighted by Gasteiger charge is -2.21. The van der Waals surface area contributed by atoms with Gasteiger partial charge in [-0.1, -0.05) is 32.0 Å². The Morgan fingerprint density at radius 1 is 1.17 bits per heavy atom. The summed E-state index contributed by atoms with van der Waals surface area (Å²) in [5.41, 5.74) is 1.40. The van der Waals surface area contributed by atoms with Gasteiger partial charge in [0.05, 0.1) is 12.4 Å². The summed E-state index contributed by atoms with van der Waals surface area (Å²) in [5, 5.41) is 2.87. The van der Waals surface area contributed by atoms with Gasteiger partial charge in [-0.05, 0) is 31.4 Å². The lowest BCUT2D eigenvalue weighted by molar-refractivity contribution is 0.0946. The molecule has 0 bridgehead atoms. The van der Waals surface area contributed by atoms with E-state index in [2.05, 4.69) is 36.1 Å². The van der Waals surface area contributed by atoms with Crippen molar-refractivity contribution in [1.29, 1.82) is 0 Å². The zero-order valence-electron chi connectivity index (χ0n) is 14.0. The molecule has 5 nitrogen and oxygen atoms in total. The lowest BCUT2D eigenvalue weighted by atomic mass is 10.1. The number of rotatable bonds is 7. The first-order chi connectivity index (χ1) is 11.1. The molecule has 0 radical (unpaired) electrons. The van der Waals surface area contributed by atoms with Crippen molar-refractivity contribution in [3.05, 3.63) is 48.4 Å². The van der Waals surface area contributed by atoms with Crippen LogP contribution in [0.1, 0.15) is 37.7 Å². The quantitative estimate of drug-likeness (QED) is 0.851. The molecule has 0 fully saturated rings. The smallest absolute Gasteiger partial charge is 0.271 e. The first-order valence-electron chi connectivity index (χ1n) is 8.04. The molecule has 0 atom stereocenters. The molecule has 5 heteroatoms. The fourth-order valence-corrected chi connectivity index (χ4v) is 2.23. The van der Waals surface area contributed by atoms with Gasteiger partial charge in [-0.2, -0.15) is 0 Å². The number of hydrogen-bond acceptors (Lipinski definition) is 4. The van der Waals surface area contributed by atoms with Crippen molar-refractivity contribution >= 4 is 17.4 Å². The summed E-state index contributed by atoms with van der Waals surface area (Å²) in [4.78, 5) is 22.7. The van der Waals surface area contributed by atoms with Crippen LogP contribution in [0.5, 0.6) is 0 Å². The minimum atomic E-state index is -0.174. The van der Waals surface area contributed by atoms with Gasteiger partial charge in [0.25, 0.3) is 5.91 Å². The van der Waals surface area contributed by atoms with Gasteiger partial charge in [-0.25, -0.2) is 9.97 Å². The molecular formula is C18H24N4O. The number of para-hydroxylation sites is 1. The van der Waals surface area contributed by atoms with Gasteiger partial charge in [0.2, 0.25) is 0 Å². The summed E-state index contributed by atoms with van der Waals surface area (Å²) in [6.45, 7) is 7.75. The molecule has 1 N–H and O–H groups in total. The zero-order chi connectivity index (χ0) is 16.7. The molecule has 23 heavy (non-hydrogen) atoms. The molecule has 0 unspecified atom stereocenters. The van der Waals surface area contributed by atoms with E-state index in [1.54, 1.807) is 6.20 Å². The van der Waals surface area contributed by atoms with Gasteiger partial charge in [-0.3, -0.25) is 4.79 Å². The standard InChI is InChI=1S/C18H24N4O/c1-4-22(15-8-6-5-7-9-15)17-13-20-16(12-21-17)18(23)19-11-10-14(2)3/h5-9,12-14H,4,10-11H2,1-3H3,(H,19,23). The van der Waals surface area contributed by atoms with E-state index < -0.39 is 0 Å². The maximum absolute atomic E-state index is 12.0. The maximum Gasteiger partial charge on any atom is 0.271 e. The van der Waals surface area contributed by atoms with Crippen molar-refractivity contribution < 1.29 is 4.79 Å². The van der Waals surface area contributed by atoms with Crippen molar-refractivity contribution in [2.75, 3.05) is 18.0 Å². The highest BCUT2D eigenvalue weighted by Gasteiger charge is 2.11. The topological polar surface area (TPSA) is 58.1 Å². The normalized spacial score (nSPS) is 10.6. The molecule has 1 aromatic carbocycles. The number of nitrogens with one attached hydrogen (secondary N) is 1. The molecule has 0 spiro atoms. The Morgan fingerprint density at radius 3 is 2.48 bits per heavy atom. The summed E-state index contributed by atoms with van der Waals surface area (Å²) in [6, 6.07) is 10.0. The molecule has 2 rings (SSSR count). The second kappa shape index (κ2) is 8.27. The Bertz CT molecular complexity index is 611. The average Bonchev–Trinajstić information content (AvgIpc) is 2.57. The Balaban J connectivity index is 2.05. The highest BCUT2D eigenvalue weighted by molar-refractivity contribution is 5.92. The van der Waals surface area contributed by atoms with Gasteiger partial charge in [0, 0.05) is 18.8 Å². The first kappa shape index (κ1) is 16.9. The summed E-state index contributed by atoms with van der Waals surface area (Å²) in [5.74, 6) is 1.12. The van der Waals surface area contributed by atoms with Crippen LogP contribution in [0.25, 0.3) is 0 Å². The molecule has 1 aromatic heterocycles. The minimum absolute atomic E-state index is 0.174. The van der Waals surface area contributed by atoms with Crippen LogP contribution in [-0.4, -0.2) is 29.0 Å². The van der Waals surface area contributed by atoms with Crippen molar-refractivity contribution in [1.82, 2.24) is 15.3 Å². The fraction of sp³-hybridized carbons (Fsp3) is 0.389. The molecule has 1 amide bonds. The van der Waals surface area contributed by atoms with Crippen LogP contribution in [-0.2, 0) is 0 Å². The number of amides is 1. The van der Waals surface area contributed by atoms with E-state index >= 15 is 0 Å². The van der Waals surface area contributed by atoms with E-state index in [1.807, 2.05) is 35.2 Å². The Labute approximate surface area is 137 Å². The average molecular weight is 312 g/mol. The van der Waals surface area contributed by atoms with Gasteiger partial charge in [0.1, 0.15) is 5.69 Å². The van der Waals surface area contributed by atoms with E-state index in [0.29, 0.717) is 18.2 Å². The second-order valence-electron chi connectivity index (χ2n) is 5.78. The third kappa shape index (κ3) is 4.77. The lowest BCUT2D eigenvalue weighted by Crippen LogP contribution is -2.26. The number of carbonyl (C=O) groups excluding carboxylic acids is 1. The molecule has 0 aliphatic rings. The SMILES string of the molecule is CCN(c1ccccc1)c1cnc(C(=O)NCCC(C)C)cn1. The molecule has 0 aliphatic carbocycles. The molecule has 0 saturated carbocycles. The highest BCUT2D eigenvalue weighted by atomic mass is 16.1. The predicted octanol–water partition coefficient (Wildman–Crippen LogP) is 3.41. The van der Waals surface area contributed by atoms with E-state index in [4.69, 9.17) is 0 Å². The minimum Gasteiger partial charge on any atom is -0.351 e. The third-order valence-corrected chi connectivity index (χ3v) is 3.54. The molecule has 122 valence electrons. The molecule has 2 aromatic rings. The summed E-state index contributed by atoms with van der Waals surface area (Å²) in [7, 11) is 0. The predicted molar refractivity (Wildman–Crippen MR) is 92.9 cm³/mol. The van der Waals surface area contributed by atoms with E-state index in [-0.39, 0.29) is 5.91 Å². The van der Waals surface area contributed by atoms with Crippen LogP contribution < -0.4 is 10.2 Å². The van der Waals surface area contributed by atoms with Crippen molar-refractivity contribution in [3.63, 3.8) is 0 Å². The fourth-order valence-electron chi connectivity index (χ4n) is 2.23. The van der Waals surface area contributed by atoms with Crippen LogP contribution >= 0.6 is 0 Å². The summed E-state index contributed by atoms with van der Waals surface area (Å²) in [6.07, 6.45) is 4.13. The Kier molecular flexibility index (Phi) is 6.09. The first-order valence-corrected chi connectivity index (χ1v) is 8.04. The number of anilines is 2. The van der Waals surface area contributed by atoms with Gasteiger partial charge in [0.15, 0.2) is 5.82 Å².